The van der Waals surface area contributed by atoms with E-state index in [1.807, 2.05) is 29.7 Å². The van der Waals surface area contributed by atoms with Crippen LogP contribution in [0, 0.1) is 5.92 Å². The lowest BCUT2D eigenvalue weighted by atomic mass is 10.00. The summed E-state index contributed by atoms with van der Waals surface area (Å²) >= 11 is 1.63. The highest BCUT2D eigenvalue weighted by Crippen LogP contribution is 2.20. The number of carbonyl (C=O) groups is 1. The Morgan fingerprint density at radius 2 is 2.43 bits per heavy atom. The Kier molecular flexibility index (Phi) is 2.79. The van der Waals surface area contributed by atoms with Crippen molar-refractivity contribution in [3.05, 3.63) is 34.5 Å². The normalized spacial score (nSPS) is 25.5. The van der Waals surface area contributed by atoms with E-state index in [1.165, 1.54) is 0 Å². The maximum absolute atomic E-state index is 11.8. The Bertz CT molecular complexity index is 342. The zero-order chi connectivity index (χ0) is 9.97. The molecule has 0 saturated heterocycles. The topological polar surface area (TPSA) is 43.1 Å². The summed E-state index contributed by atoms with van der Waals surface area (Å²) in [5, 5.41) is 2.00. The Morgan fingerprint density at radius 1 is 1.57 bits per heavy atom. The van der Waals surface area contributed by atoms with Gasteiger partial charge in [0.2, 0.25) is 0 Å². The Morgan fingerprint density at radius 3 is 3.00 bits per heavy atom. The second kappa shape index (κ2) is 4.07. The molecule has 14 heavy (non-hydrogen) atoms. The van der Waals surface area contributed by atoms with Crippen LogP contribution >= 0.6 is 11.3 Å². The first-order valence-corrected chi connectivity index (χ1v) is 5.62. The Balaban J connectivity index is 1.94. The number of rotatable bonds is 3. The van der Waals surface area contributed by atoms with Gasteiger partial charge in [0, 0.05) is 23.3 Å². The van der Waals surface area contributed by atoms with Gasteiger partial charge in [-0.05, 0) is 17.9 Å². The highest BCUT2D eigenvalue weighted by Gasteiger charge is 2.22. The predicted molar refractivity (Wildman–Crippen MR) is 58.3 cm³/mol. The molecular weight excluding hydrogens is 194 g/mol. The second-order valence-electron chi connectivity index (χ2n) is 3.61. The average molecular weight is 207 g/mol. The number of hydrogen-bond donors (Lipinski definition) is 1. The minimum atomic E-state index is 0.0482. The number of carbonyl (C=O) groups excluding carboxylic acids is 1. The first-order valence-electron chi connectivity index (χ1n) is 4.74. The molecule has 2 atom stereocenters. The van der Waals surface area contributed by atoms with Crippen LogP contribution in [-0.4, -0.2) is 11.8 Å². The monoisotopic (exact) mass is 207 g/mol. The summed E-state index contributed by atoms with van der Waals surface area (Å²) < 4.78 is 0. The van der Waals surface area contributed by atoms with Gasteiger partial charge in [0.25, 0.3) is 0 Å². The Labute approximate surface area is 87.4 Å². The first-order chi connectivity index (χ1) is 6.75. The third kappa shape index (κ3) is 2.11. The molecule has 1 aromatic rings. The first kappa shape index (κ1) is 9.62. The average Bonchev–Trinajstić information content (AvgIpc) is 2.75. The molecule has 0 amide bonds. The van der Waals surface area contributed by atoms with Crippen LogP contribution in [0.1, 0.15) is 11.3 Å². The molecule has 2 N–H and O–H groups in total. The number of thiophene rings is 1. The summed E-state index contributed by atoms with van der Waals surface area (Å²) in [6.45, 7) is 0. The van der Waals surface area contributed by atoms with E-state index in [1.54, 1.807) is 11.3 Å². The molecule has 0 aromatic carbocycles. The standard InChI is InChI=1S/C11H13NOS/c12-9-4-3-8(6-9)11(13)7-10-2-1-5-14-10/h1-5,8-9H,6-7,12H2. The van der Waals surface area contributed by atoms with E-state index in [-0.39, 0.29) is 17.7 Å². The summed E-state index contributed by atoms with van der Waals surface area (Å²) in [5.74, 6) is 0.337. The van der Waals surface area contributed by atoms with Crippen molar-refractivity contribution in [3.8, 4) is 0 Å². The number of Topliss-reactive ketones (excluding diaryl/α,β-unsaturated/α-hetero) is 1. The summed E-state index contributed by atoms with van der Waals surface area (Å²) in [4.78, 5) is 12.9. The minimum absolute atomic E-state index is 0.0482. The predicted octanol–water partition coefficient (Wildman–Crippen LogP) is 1.76. The highest BCUT2D eigenvalue weighted by molar-refractivity contribution is 7.10. The van der Waals surface area contributed by atoms with Crippen molar-refractivity contribution in [1.29, 1.82) is 0 Å². The van der Waals surface area contributed by atoms with Gasteiger partial charge in [-0.25, -0.2) is 0 Å². The van der Waals surface area contributed by atoms with E-state index in [4.69, 9.17) is 5.73 Å². The van der Waals surface area contributed by atoms with Crippen molar-refractivity contribution in [1.82, 2.24) is 0 Å². The van der Waals surface area contributed by atoms with E-state index in [2.05, 4.69) is 0 Å². The molecule has 0 saturated carbocycles. The van der Waals surface area contributed by atoms with E-state index in [0.29, 0.717) is 6.42 Å². The number of allylic oxidation sites excluding steroid dienone is 1. The van der Waals surface area contributed by atoms with Crippen LogP contribution < -0.4 is 5.73 Å². The smallest absolute Gasteiger partial charge is 0.144 e. The van der Waals surface area contributed by atoms with Crippen LogP contribution in [0.15, 0.2) is 29.7 Å². The molecule has 2 unspecified atom stereocenters. The van der Waals surface area contributed by atoms with E-state index in [9.17, 15) is 4.79 Å². The van der Waals surface area contributed by atoms with Crippen LogP contribution in [0.5, 0.6) is 0 Å². The van der Waals surface area contributed by atoms with Gasteiger partial charge in [0.15, 0.2) is 0 Å². The van der Waals surface area contributed by atoms with E-state index < -0.39 is 0 Å². The largest absolute Gasteiger partial charge is 0.324 e. The van der Waals surface area contributed by atoms with Gasteiger partial charge in [0.1, 0.15) is 5.78 Å². The maximum Gasteiger partial charge on any atom is 0.144 e. The molecular formula is C11H13NOS. The molecule has 74 valence electrons. The van der Waals surface area contributed by atoms with Crippen molar-refractivity contribution in [3.63, 3.8) is 0 Å². The van der Waals surface area contributed by atoms with Crippen LogP contribution in [0.25, 0.3) is 0 Å². The zero-order valence-corrected chi connectivity index (χ0v) is 8.67. The molecule has 2 rings (SSSR count). The SMILES string of the molecule is NC1C=CC(C(=O)Cc2cccs2)C1. The fourth-order valence-corrected chi connectivity index (χ4v) is 2.40. The number of ketones is 1. The van der Waals surface area contributed by atoms with Gasteiger partial charge in [-0.15, -0.1) is 11.3 Å². The molecule has 1 aliphatic rings. The molecule has 0 bridgehead atoms. The molecule has 1 aromatic heterocycles. The Hall–Kier alpha value is -0.930. The fraction of sp³-hybridized carbons (Fsp3) is 0.364. The summed E-state index contributed by atoms with van der Waals surface area (Å²) in [5.41, 5.74) is 5.70. The number of nitrogens with two attached hydrogens (primary N) is 1. The molecule has 0 fully saturated rings. The van der Waals surface area contributed by atoms with Crippen molar-refractivity contribution >= 4 is 17.1 Å². The lowest BCUT2D eigenvalue weighted by molar-refractivity contribution is -0.120. The molecule has 1 aliphatic carbocycles. The molecule has 3 heteroatoms. The van der Waals surface area contributed by atoms with Crippen LogP contribution in [0.2, 0.25) is 0 Å². The van der Waals surface area contributed by atoms with Crippen LogP contribution in [-0.2, 0) is 11.2 Å². The number of hydrogen-bond acceptors (Lipinski definition) is 3. The van der Waals surface area contributed by atoms with E-state index >= 15 is 0 Å². The fourth-order valence-electron chi connectivity index (χ4n) is 1.68. The van der Waals surface area contributed by atoms with Crippen molar-refractivity contribution in [2.75, 3.05) is 0 Å². The van der Waals surface area contributed by atoms with Gasteiger partial charge in [-0.2, -0.15) is 0 Å². The molecule has 2 nitrogen and oxygen atoms in total. The van der Waals surface area contributed by atoms with Crippen LogP contribution in [0.3, 0.4) is 0 Å². The molecule has 1 heterocycles. The summed E-state index contributed by atoms with van der Waals surface area (Å²) in [7, 11) is 0. The third-order valence-electron chi connectivity index (χ3n) is 2.46. The van der Waals surface area contributed by atoms with Gasteiger partial charge in [-0.3, -0.25) is 4.79 Å². The third-order valence-corrected chi connectivity index (χ3v) is 3.34. The summed E-state index contributed by atoms with van der Waals surface area (Å²) in [6.07, 6.45) is 5.21. The minimum Gasteiger partial charge on any atom is -0.324 e. The lowest BCUT2D eigenvalue weighted by Crippen LogP contribution is -2.19. The molecule has 0 radical (unpaired) electrons. The summed E-state index contributed by atoms with van der Waals surface area (Å²) in [6, 6.07) is 4.05. The quantitative estimate of drug-likeness (QED) is 0.767. The van der Waals surface area contributed by atoms with E-state index in [0.717, 1.165) is 11.3 Å². The van der Waals surface area contributed by atoms with Gasteiger partial charge >= 0.3 is 0 Å². The van der Waals surface area contributed by atoms with Crippen molar-refractivity contribution in [2.45, 2.75) is 18.9 Å². The van der Waals surface area contributed by atoms with Gasteiger partial charge in [-0.1, -0.05) is 18.2 Å². The van der Waals surface area contributed by atoms with Gasteiger partial charge < -0.3 is 5.73 Å². The van der Waals surface area contributed by atoms with Gasteiger partial charge in [0.05, 0.1) is 0 Å². The van der Waals surface area contributed by atoms with Crippen molar-refractivity contribution in [2.24, 2.45) is 11.7 Å². The van der Waals surface area contributed by atoms with Crippen LogP contribution in [0.4, 0.5) is 0 Å². The zero-order valence-electron chi connectivity index (χ0n) is 7.85. The van der Waals surface area contributed by atoms with Crippen molar-refractivity contribution < 1.29 is 4.79 Å². The highest BCUT2D eigenvalue weighted by atomic mass is 32.1. The molecule has 0 aliphatic heterocycles. The molecule has 0 spiro atoms. The lowest BCUT2D eigenvalue weighted by Gasteiger charge is -2.06. The maximum atomic E-state index is 11.8. The second-order valence-corrected chi connectivity index (χ2v) is 4.65.